The molecule has 0 amide bonds. The molecular weight excluding hydrogens is 208 g/mol. The first kappa shape index (κ1) is 10.4. The van der Waals surface area contributed by atoms with E-state index in [4.69, 9.17) is 11.6 Å². The van der Waals surface area contributed by atoms with Crippen molar-refractivity contribution in [3.8, 4) is 0 Å². The largest absolute Gasteiger partial charge is 0.549 e. The van der Waals surface area contributed by atoms with E-state index in [0.717, 1.165) is 5.56 Å². The van der Waals surface area contributed by atoms with Gasteiger partial charge in [-0.15, -0.1) is 0 Å². The summed E-state index contributed by atoms with van der Waals surface area (Å²) in [5.74, 6) is -0.434. The molecule has 70 valence electrons. The highest BCUT2D eigenvalue weighted by atomic mass is 35.5. The number of thioether (sulfide) groups is 1. The molecule has 0 heterocycles. The van der Waals surface area contributed by atoms with Gasteiger partial charge in [-0.3, -0.25) is 0 Å². The molecule has 2 nitrogen and oxygen atoms in total. The second-order valence-corrected chi connectivity index (χ2v) is 3.85. The number of benzene rings is 1. The van der Waals surface area contributed by atoms with Gasteiger partial charge < -0.3 is 9.90 Å². The van der Waals surface area contributed by atoms with E-state index < -0.39 is 5.97 Å². The van der Waals surface area contributed by atoms with Crippen LogP contribution in [0.5, 0.6) is 0 Å². The Bertz CT molecular complexity index is 301. The molecule has 1 aromatic carbocycles. The van der Waals surface area contributed by atoms with E-state index >= 15 is 0 Å². The van der Waals surface area contributed by atoms with Crippen molar-refractivity contribution in [2.24, 2.45) is 0 Å². The Labute approximate surface area is 85.9 Å². The van der Waals surface area contributed by atoms with Crippen molar-refractivity contribution in [3.63, 3.8) is 0 Å². The maximum atomic E-state index is 10.1. The van der Waals surface area contributed by atoms with Gasteiger partial charge in [-0.1, -0.05) is 29.8 Å². The topological polar surface area (TPSA) is 40.1 Å². The normalized spacial score (nSPS) is 9.92. The number of halogens is 1. The van der Waals surface area contributed by atoms with E-state index in [1.165, 1.54) is 11.8 Å². The minimum Gasteiger partial charge on any atom is -0.549 e. The molecule has 0 aromatic heterocycles. The lowest BCUT2D eigenvalue weighted by molar-refractivity contribution is -0.301. The van der Waals surface area contributed by atoms with Crippen LogP contribution in [0.25, 0.3) is 0 Å². The predicted octanol–water partition coefficient (Wildman–Crippen LogP) is 1.32. The minimum absolute atomic E-state index is 0.00518. The maximum Gasteiger partial charge on any atom is 0.0513 e. The first-order chi connectivity index (χ1) is 6.20. The van der Waals surface area contributed by atoms with Crippen LogP contribution in [0.1, 0.15) is 5.56 Å². The first-order valence-corrected chi connectivity index (χ1v) is 5.24. The lowest BCUT2D eigenvalue weighted by Crippen LogP contribution is -2.24. The van der Waals surface area contributed by atoms with E-state index in [1.807, 2.05) is 18.2 Å². The van der Waals surface area contributed by atoms with Gasteiger partial charge in [-0.2, -0.15) is 11.8 Å². The molecule has 0 unspecified atom stereocenters. The Morgan fingerprint density at radius 1 is 1.46 bits per heavy atom. The molecule has 0 fully saturated rings. The Morgan fingerprint density at radius 2 is 2.15 bits per heavy atom. The molecule has 4 heteroatoms. The smallest absolute Gasteiger partial charge is 0.0513 e. The van der Waals surface area contributed by atoms with Crippen LogP contribution in [0.15, 0.2) is 24.3 Å². The Balaban J connectivity index is 2.45. The van der Waals surface area contributed by atoms with Crippen LogP contribution < -0.4 is 5.11 Å². The summed E-state index contributed by atoms with van der Waals surface area (Å²) >= 11 is 7.15. The molecule has 0 aliphatic rings. The molecule has 13 heavy (non-hydrogen) atoms. The lowest BCUT2D eigenvalue weighted by atomic mass is 10.2. The fourth-order valence-electron chi connectivity index (χ4n) is 0.860. The van der Waals surface area contributed by atoms with Gasteiger partial charge >= 0.3 is 0 Å². The number of hydrogen-bond acceptors (Lipinski definition) is 3. The van der Waals surface area contributed by atoms with Crippen molar-refractivity contribution < 1.29 is 9.90 Å². The summed E-state index contributed by atoms with van der Waals surface area (Å²) in [6, 6.07) is 7.39. The summed E-state index contributed by atoms with van der Waals surface area (Å²) in [5.41, 5.74) is 0.954. The van der Waals surface area contributed by atoms with Crippen molar-refractivity contribution in [1.29, 1.82) is 0 Å². The van der Waals surface area contributed by atoms with Crippen molar-refractivity contribution in [3.05, 3.63) is 34.9 Å². The molecule has 1 rings (SSSR count). The summed E-state index contributed by atoms with van der Waals surface area (Å²) in [6.45, 7) is 0. The monoisotopic (exact) mass is 215 g/mol. The van der Waals surface area contributed by atoms with E-state index in [2.05, 4.69) is 0 Å². The van der Waals surface area contributed by atoms with Gasteiger partial charge in [0, 0.05) is 16.5 Å². The highest BCUT2D eigenvalue weighted by Gasteiger charge is 1.98. The zero-order valence-corrected chi connectivity index (χ0v) is 8.40. The standard InChI is InChI=1S/C9H9ClO2S/c10-8-4-2-1-3-7(8)5-13-6-9(11)12/h1-4H,5-6H2,(H,11,12)/p-1. The second-order valence-electron chi connectivity index (χ2n) is 2.46. The van der Waals surface area contributed by atoms with Crippen LogP contribution in [0.2, 0.25) is 5.02 Å². The SMILES string of the molecule is O=C([O-])CSCc1ccccc1Cl. The summed E-state index contributed by atoms with van der Waals surface area (Å²) in [5, 5.41) is 10.8. The van der Waals surface area contributed by atoms with Crippen LogP contribution in [-0.4, -0.2) is 11.7 Å². The van der Waals surface area contributed by atoms with Crippen LogP contribution >= 0.6 is 23.4 Å². The van der Waals surface area contributed by atoms with Gasteiger partial charge in [0.05, 0.1) is 5.97 Å². The predicted molar refractivity (Wildman–Crippen MR) is 52.6 cm³/mol. The van der Waals surface area contributed by atoms with Gasteiger partial charge in [0.25, 0.3) is 0 Å². The fraction of sp³-hybridized carbons (Fsp3) is 0.222. The van der Waals surface area contributed by atoms with Crippen LogP contribution in [0.4, 0.5) is 0 Å². The summed E-state index contributed by atoms with van der Waals surface area (Å²) < 4.78 is 0. The van der Waals surface area contributed by atoms with E-state index in [1.54, 1.807) is 6.07 Å². The Hall–Kier alpha value is -0.670. The average molecular weight is 216 g/mol. The number of hydrogen-bond donors (Lipinski definition) is 0. The number of carboxylic acids is 1. The van der Waals surface area contributed by atoms with Crippen molar-refractivity contribution >= 4 is 29.3 Å². The lowest BCUT2D eigenvalue weighted by Gasteiger charge is -2.04. The first-order valence-electron chi connectivity index (χ1n) is 3.71. The zero-order valence-electron chi connectivity index (χ0n) is 6.83. The summed E-state index contributed by atoms with van der Waals surface area (Å²) in [7, 11) is 0. The minimum atomic E-state index is -1.04. The van der Waals surface area contributed by atoms with Crippen molar-refractivity contribution in [2.75, 3.05) is 5.75 Å². The number of carboxylic acid groups (broad SMARTS) is 1. The quantitative estimate of drug-likeness (QED) is 0.761. The molecule has 0 aliphatic heterocycles. The highest BCUT2D eigenvalue weighted by molar-refractivity contribution is 7.99. The fourth-order valence-corrected chi connectivity index (χ4v) is 1.88. The van der Waals surface area contributed by atoms with Gasteiger partial charge in [0.2, 0.25) is 0 Å². The maximum absolute atomic E-state index is 10.1. The Morgan fingerprint density at radius 3 is 2.77 bits per heavy atom. The molecule has 0 N–H and O–H groups in total. The van der Waals surface area contributed by atoms with Crippen LogP contribution in [0, 0.1) is 0 Å². The molecule has 1 aromatic rings. The van der Waals surface area contributed by atoms with Gasteiger partial charge in [-0.05, 0) is 11.6 Å². The molecular formula is C9H8ClO2S-. The number of rotatable bonds is 4. The summed E-state index contributed by atoms with van der Waals surface area (Å²) in [4.78, 5) is 10.1. The van der Waals surface area contributed by atoms with Crippen LogP contribution in [0.3, 0.4) is 0 Å². The zero-order chi connectivity index (χ0) is 9.68. The third-order valence-electron chi connectivity index (χ3n) is 1.44. The van der Waals surface area contributed by atoms with E-state index in [-0.39, 0.29) is 5.75 Å². The molecule has 0 spiro atoms. The highest BCUT2D eigenvalue weighted by Crippen LogP contribution is 2.20. The molecule has 0 saturated carbocycles. The van der Waals surface area contributed by atoms with Gasteiger partial charge in [-0.25, -0.2) is 0 Å². The summed E-state index contributed by atoms with van der Waals surface area (Å²) in [6.07, 6.45) is 0. The molecule has 0 radical (unpaired) electrons. The number of carbonyl (C=O) groups is 1. The molecule has 0 bridgehead atoms. The van der Waals surface area contributed by atoms with Gasteiger partial charge in [0.1, 0.15) is 0 Å². The molecule has 0 aliphatic carbocycles. The van der Waals surface area contributed by atoms with E-state index in [9.17, 15) is 9.90 Å². The van der Waals surface area contributed by atoms with E-state index in [0.29, 0.717) is 10.8 Å². The van der Waals surface area contributed by atoms with Crippen molar-refractivity contribution in [1.82, 2.24) is 0 Å². The molecule has 0 saturated heterocycles. The van der Waals surface area contributed by atoms with Crippen molar-refractivity contribution in [2.45, 2.75) is 5.75 Å². The third kappa shape index (κ3) is 3.70. The second kappa shape index (κ2) is 5.14. The number of carbonyl (C=O) groups excluding carboxylic acids is 1. The van der Waals surface area contributed by atoms with Gasteiger partial charge in [0.15, 0.2) is 0 Å². The number of aliphatic carboxylic acids is 1. The third-order valence-corrected chi connectivity index (χ3v) is 2.76. The Kier molecular flexibility index (Phi) is 4.12. The molecule has 0 atom stereocenters. The van der Waals surface area contributed by atoms with Crippen LogP contribution in [-0.2, 0) is 10.5 Å². The average Bonchev–Trinajstić information content (AvgIpc) is 2.08.